The number of likely N-dealkylation sites (tertiary alicyclic amines) is 1. The molecule has 42 heavy (non-hydrogen) atoms. The summed E-state index contributed by atoms with van der Waals surface area (Å²) >= 11 is 6.16. The molecule has 1 saturated carbocycles. The van der Waals surface area contributed by atoms with Crippen molar-refractivity contribution >= 4 is 17.4 Å². The monoisotopic (exact) mass is 606 g/mol. The van der Waals surface area contributed by atoms with Gasteiger partial charge in [-0.1, -0.05) is 30.3 Å². The van der Waals surface area contributed by atoms with Gasteiger partial charge in [0.15, 0.2) is 6.73 Å². The summed E-state index contributed by atoms with van der Waals surface area (Å²) in [6, 6.07) is 8.62. The van der Waals surface area contributed by atoms with Crippen molar-refractivity contribution in [2.45, 2.75) is 69.3 Å². The Kier molecular flexibility index (Phi) is 7.81. The van der Waals surface area contributed by atoms with Gasteiger partial charge in [0.2, 0.25) is 0 Å². The van der Waals surface area contributed by atoms with Gasteiger partial charge in [0.1, 0.15) is 23.0 Å². The molecule has 6 rings (SSSR count). The van der Waals surface area contributed by atoms with Gasteiger partial charge in [0.05, 0.1) is 17.2 Å². The summed E-state index contributed by atoms with van der Waals surface area (Å²) in [6.07, 6.45) is -0.0976. The van der Waals surface area contributed by atoms with Gasteiger partial charge in [-0.05, 0) is 87.2 Å². The lowest BCUT2D eigenvalue weighted by Gasteiger charge is -2.49. The number of Topliss-reactive ketones (excluding diaryl/α,β-unsaturated/α-hetero) is 1. The number of halogens is 5. The number of alkyl halides is 3. The highest BCUT2D eigenvalue weighted by Crippen LogP contribution is 2.52. The van der Waals surface area contributed by atoms with Gasteiger partial charge in [0, 0.05) is 36.3 Å². The van der Waals surface area contributed by atoms with E-state index in [1.54, 1.807) is 19.1 Å². The number of hydrogen-bond acceptors (Lipinski definition) is 5. The Hall–Kier alpha value is -2.62. The van der Waals surface area contributed by atoms with Gasteiger partial charge in [0.25, 0.3) is 0 Å². The molecular formula is C32H35ClF4N2O3. The van der Waals surface area contributed by atoms with Crippen molar-refractivity contribution in [2.75, 3.05) is 26.4 Å². The zero-order valence-corrected chi connectivity index (χ0v) is 24.3. The van der Waals surface area contributed by atoms with E-state index in [4.69, 9.17) is 21.1 Å². The first-order valence-electron chi connectivity index (χ1n) is 14.6. The molecule has 0 bridgehead atoms. The summed E-state index contributed by atoms with van der Waals surface area (Å²) in [5.74, 6) is 0.307. The van der Waals surface area contributed by atoms with E-state index in [0.717, 1.165) is 62.0 Å². The van der Waals surface area contributed by atoms with E-state index in [1.807, 2.05) is 4.90 Å². The third kappa shape index (κ3) is 5.55. The normalized spacial score (nSPS) is 28.6. The van der Waals surface area contributed by atoms with Crippen LogP contribution in [0.2, 0.25) is 5.02 Å². The minimum Gasteiger partial charge on any atom is -0.471 e. The van der Waals surface area contributed by atoms with E-state index in [-0.39, 0.29) is 53.5 Å². The lowest BCUT2D eigenvalue weighted by atomic mass is 9.77. The fourth-order valence-corrected chi connectivity index (χ4v) is 7.46. The number of carbonyl (C=O) groups is 1. The zero-order chi connectivity index (χ0) is 29.8. The van der Waals surface area contributed by atoms with Gasteiger partial charge in [-0.25, -0.2) is 4.39 Å². The Morgan fingerprint density at radius 2 is 1.86 bits per heavy atom. The van der Waals surface area contributed by atoms with Gasteiger partial charge in [-0.2, -0.15) is 13.2 Å². The first-order chi connectivity index (χ1) is 20.0. The van der Waals surface area contributed by atoms with E-state index in [0.29, 0.717) is 24.6 Å². The van der Waals surface area contributed by atoms with E-state index in [9.17, 15) is 22.4 Å². The van der Waals surface area contributed by atoms with Crippen molar-refractivity contribution in [1.29, 1.82) is 0 Å². The van der Waals surface area contributed by atoms with Crippen molar-refractivity contribution in [3.05, 3.63) is 76.2 Å². The minimum absolute atomic E-state index is 0.0502. The van der Waals surface area contributed by atoms with Crippen LogP contribution in [0.4, 0.5) is 17.6 Å². The first-order valence-corrected chi connectivity index (χ1v) is 14.9. The SMILES string of the molecule is C=C(N1COc2c(Cl)cc(C(F)(F)F)cc2C1)[C@@]1(C2CC2)CC[C@@H](N2CC[C@@H](c3ccc(F)cc3)[C@H](C(C)=O)C2)CO1. The quantitative estimate of drug-likeness (QED) is 0.326. The van der Waals surface area contributed by atoms with E-state index in [1.165, 1.54) is 12.1 Å². The second-order valence-electron chi connectivity index (χ2n) is 12.2. The summed E-state index contributed by atoms with van der Waals surface area (Å²) < 4.78 is 66.4. The van der Waals surface area contributed by atoms with Crippen LogP contribution in [0, 0.1) is 17.7 Å². The van der Waals surface area contributed by atoms with E-state index in [2.05, 4.69) is 11.5 Å². The molecule has 3 aliphatic heterocycles. The summed E-state index contributed by atoms with van der Waals surface area (Å²) in [5.41, 5.74) is 0.701. The molecule has 0 amide bonds. The summed E-state index contributed by atoms with van der Waals surface area (Å²) in [6.45, 7) is 8.30. The molecule has 4 aliphatic rings. The lowest BCUT2D eigenvalue weighted by Crippen LogP contribution is -2.55. The molecule has 2 saturated heterocycles. The number of nitrogens with zero attached hydrogens (tertiary/aromatic N) is 2. The molecule has 0 unspecified atom stereocenters. The molecule has 0 N–H and O–H groups in total. The second-order valence-corrected chi connectivity index (χ2v) is 12.6. The van der Waals surface area contributed by atoms with Crippen molar-refractivity contribution in [1.82, 2.24) is 9.80 Å². The Balaban J connectivity index is 1.14. The molecule has 2 aromatic rings. The molecule has 226 valence electrons. The summed E-state index contributed by atoms with van der Waals surface area (Å²) in [5, 5.41) is -0.0502. The topological polar surface area (TPSA) is 42.0 Å². The maximum absolute atomic E-state index is 13.5. The third-order valence-electron chi connectivity index (χ3n) is 9.64. The number of rotatable bonds is 6. The number of ketones is 1. The standard InChI is InChI=1S/C32H35ClF4N2O3/c1-19(40)28-16-38(12-10-27(28)21-3-7-25(34)8-4-21)26-9-11-31(42-17-26,23-5-6-23)20(2)39-15-22-13-24(32(35,36)37)14-29(33)30(22)41-18-39/h3-4,7-8,13-14,23,26-28H,2,5-6,9-12,15-18H2,1H3/t26-,27+,28+,31-/m1/s1. The van der Waals surface area contributed by atoms with E-state index < -0.39 is 17.3 Å². The lowest BCUT2D eigenvalue weighted by molar-refractivity contribution is -0.137. The maximum Gasteiger partial charge on any atom is 0.416 e. The van der Waals surface area contributed by atoms with Crippen LogP contribution in [0.3, 0.4) is 0 Å². The Morgan fingerprint density at radius 1 is 1.12 bits per heavy atom. The number of piperidine rings is 1. The molecule has 3 fully saturated rings. The molecule has 0 aromatic heterocycles. The molecule has 3 heterocycles. The largest absolute Gasteiger partial charge is 0.471 e. The molecule has 5 nitrogen and oxygen atoms in total. The smallest absolute Gasteiger partial charge is 0.416 e. The molecular weight excluding hydrogens is 572 g/mol. The van der Waals surface area contributed by atoms with Crippen LogP contribution in [-0.4, -0.2) is 53.7 Å². The highest BCUT2D eigenvalue weighted by atomic mass is 35.5. The van der Waals surface area contributed by atoms with Crippen molar-refractivity contribution in [2.24, 2.45) is 11.8 Å². The minimum atomic E-state index is -4.51. The third-order valence-corrected chi connectivity index (χ3v) is 9.92. The average Bonchev–Trinajstić information content (AvgIpc) is 3.82. The van der Waals surface area contributed by atoms with Crippen LogP contribution < -0.4 is 4.74 Å². The fourth-order valence-electron chi connectivity index (χ4n) is 7.16. The van der Waals surface area contributed by atoms with Crippen LogP contribution in [0.5, 0.6) is 5.75 Å². The molecule has 1 aliphatic carbocycles. The van der Waals surface area contributed by atoms with Crippen molar-refractivity contribution in [3.63, 3.8) is 0 Å². The van der Waals surface area contributed by atoms with Crippen molar-refractivity contribution < 1.29 is 31.8 Å². The summed E-state index contributed by atoms with van der Waals surface area (Å²) in [7, 11) is 0. The highest BCUT2D eigenvalue weighted by Gasteiger charge is 2.53. The molecule has 4 atom stereocenters. The van der Waals surface area contributed by atoms with Gasteiger partial charge in [-0.15, -0.1) is 0 Å². The van der Waals surface area contributed by atoms with Gasteiger partial charge >= 0.3 is 6.18 Å². The van der Waals surface area contributed by atoms with Crippen LogP contribution >= 0.6 is 11.6 Å². The zero-order valence-electron chi connectivity index (χ0n) is 23.6. The Labute approximate surface area is 248 Å². The van der Waals surface area contributed by atoms with Crippen LogP contribution in [0.1, 0.15) is 61.6 Å². The predicted molar refractivity (Wildman–Crippen MR) is 151 cm³/mol. The van der Waals surface area contributed by atoms with Crippen molar-refractivity contribution in [3.8, 4) is 5.75 Å². The van der Waals surface area contributed by atoms with Gasteiger partial charge in [-0.3, -0.25) is 9.69 Å². The van der Waals surface area contributed by atoms with Crippen LogP contribution in [0.25, 0.3) is 0 Å². The number of benzene rings is 2. The average molecular weight is 607 g/mol. The molecule has 0 spiro atoms. The Bertz CT molecular complexity index is 1350. The maximum atomic E-state index is 13.5. The number of fused-ring (bicyclic) bond motifs is 1. The first kappa shape index (κ1) is 29.5. The number of carbonyl (C=O) groups excluding carboxylic acids is 1. The highest BCUT2D eigenvalue weighted by molar-refractivity contribution is 6.32. The number of hydrogen-bond donors (Lipinski definition) is 0. The molecule has 0 radical (unpaired) electrons. The van der Waals surface area contributed by atoms with E-state index >= 15 is 0 Å². The van der Waals surface area contributed by atoms with Crippen LogP contribution in [-0.2, 0) is 22.3 Å². The Morgan fingerprint density at radius 3 is 2.48 bits per heavy atom. The fraction of sp³-hybridized carbons (Fsp3) is 0.531. The predicted octanol–water partition coefficient (Wildman–Crippen LogP) is 7.19. The van der Waals surface area contributed by atoms with Crippen LogP contribution in [0.15, 0.2) is 48.7 Å². The molecule has 10 heteroatoms. The van der Waals surface area contributed by atoms with Gasteiger partial charge < -0.3 is 14.4 Å². The number of ether oxygens (including phenoxy) is 2. The molecule has 2 aromatic carbocycles. The summed E-state index contributed by atoms with van der Waals surface area (Å²) in [4.78, 5) is 16.9. The second kappa shape index (κ2) is 11.1.